The predicted octanol–water partition coefficient (Wildman–Crippen LogP) is 4.00. The molecule has 0 bridgehead atoms. The van der Waals surface area contributed by atoms with Crippen LogP contribution in [-0.4, -0.2) is 45.5 Å². The van der Waals surface area contributed by atoms with Crippen LogP contribution in [0.4, 0.5) is 15.8 Å². The highest BCUT2D eigenvalue weighted by molar-refractivity contribution is 14.0. The van der Waals surface area contributed by atoms with Crippen LogP contribution >= 0.6 is 24.0 Å². The van der Waals surface area contributed by atoms with E-state index in [0.717, 1.165) is 5.56 Å². The topological polar surface area (TPSA) is 81.3 Å². The molecule has 3 N–H and O–H groups in total. The summed E-state index contributed by atoms with van der Waals surface area (Å²) in [6.45, 7) is 7.77. The van der Waals surface area contributed by atoms with Crippen LogP contribution in [-0.2, 0) is 11.3 Å². The van der Waals surface area contributed by atoms with Crippen LogP contribution in [0.1, 0.15) is 19.4 Å². The van der Waals surface area contributed by atoms with Crippen molar-refractivity contribution in [3.05, 3.63) is 47.8 Å². The summed E-state index contributed by atoms with van der Waals surface area (Å²) >= 11 is 0. The monoisotopic (exact) mass is 544 g/mol. The standard InChI is InChI=1S/C22H29FN4O3.HI/c1-3-29-17-6-8-21(30-4-2)19(14-17)26-22(24)25-15-16-5-7-20(18(23)13-16)27-9-11-28-12-10-27;/h5-8,13-14H,3-4,9-12,15H2,1-2H3,(H3,24,25,26);1H. The summed E-state index contributed by atoms with van der Waals surface area (Å²) in [5.41, 5.74) is 8.05. The minimum Gasteiger partial charge on any atom is -0.494 e. The van der Waals surface area contributed by atoms with E-state index in [9.17, 15) is 4.39 Å². The van der Waals surface area contributed by atoms with Crippen molar-refractivity contribution in [2.75, 3.05) is 49.7 Å². The first-order valence-electron chi connectivity index (χ1n) is 10.2. The number of hydrogen-bond acceptors (Lipinski definition) is 5. The molecule has 1 aliphatic rings. The van der Waals surface area contributed by atoms with Gasteiger partial charge in [0.2, 0.25) is 0 Å². The van der Waals surface area contributed by atoms with Crippen LogP contribution in [0.15, 0.2) is 41.4 Å². The average Bonchev–Trinajstić information content (AvgIpc) is 2.75. The van der Waals surface area contributed by atoms with Gasteiger partial charge in [-0.3, -0.25) is 0 Å². The molecule has 0 saturated carbocycles. The fraction of sp³-hybridized carbons (Fsp3) is 0.409. The van der Waals surface area contributed by atoms with Gasteiger partial charge in [-0.15, -0.1) is 24.0 Å². The number of rotatable bonds is 8. The number of ether oxygens (including phenoxy) is 3. The molecule has 7 nitrogen and oxygen atoms in total. The van der Waals surface area contributed by atoms with Crippen molar-refractivity contribution in [2.45, 2.75) is 20.4 Å². The maximum absolute atomic E-state index is 14.6. The lowest BCUT2D eigenvalue weighted by Crippen LogP contribution is -2.36. The van der Waals surface area contributed by atoms with Gasteiger partial charge in [0.15, 0.2) is 5.96 Å². The summed E-state index contributed by atoms with van der Waals surface area (Å²) in [7, 11) is 0. The van der Waals surface area contributed by atoms with Gasteiger partial charge in [0.25, 0.3) is 0 Å². The van der Waals surface area contributed by atoms with Crippen LogP contribution in [0.25, 0.3) is 0 Å². The Bertz CT molecular complexity index is 876. The summed E-state index contributed by atoms with van der Waals surface area (Å²) in [5, 5.41) is 3.05. The minimum atomic E-state index is -0.265. The Morgan fingerprint density at radius 3 is 2.55 bits per heavy atom. The van der Waals surface area contributed by atoms with E-state index >= 15 is 0 Å². The molecule has 1 heterocycles. The number of guanidine groups is 1. The van der Waals surface area contributed by atoms with Crippen molar-refractivity contribution in [3.63, 3.8) is 0 Å². The normalized spacial score (nSPS) is 14.0. The zero-order chi connectivity index (χ0) is 21.3. The SMILES string of the molecule is CCOc1ccc(OCC)c(NC(N)=NCc2ccc(N3CCOCC3)c(F)c2)c1.I. The Labute approximate surface area is 199 Å². The van der Waals surface area contributed by atoms with Crippen LogP contribution in [0.2, 0.25) is 0 Å². The van der Waals surface area contributed by atoms with Gasteiger partial charge in [-0.05, 0) is 43.7 Å². The van der Waals surface area contributed by atoms with Gasteiger partial charge < -0.3 is 30.2 Å². The predicted molar refractivity (Wildman–Crippen MR) is 133 cm³/mol. The van der Waals surface area contributed by atoms with Crippen molar-refractivity contribution >= 4 is 41.3 Å². The lowest BCUT2D eigenvalue weighted by atomic mass is 10.1. The summed E-state index contributed by atoms with van der Waals surface area (Å²) in [5.74, 6) is 1.30. The zero-order valence-corrected chi connectivity index (χ0v) is 20.2. The Morgan fingerprint density at radius 1 is 1.13 bits per heavy atom. The molecule has 31 heavy (non-hydrogen) atoms. The number of anilines is 2. The second kappa shape index (κ2) is 12.6. The summed E-state index contributed by atoms with van der Waals surface area (Å²) in [6, 6.07) is 10.6. The van der Waals surface area contributed by atoms with Crippen molar-refractivity contribution in [2.24, 2.45) is 10.7 Å². The Hall–Kier alpha value is -2.27. The molecule has 1 saturated heterocycles. The Balaban J connectivity index is 0.00000341. The van der Waals surface area contributed by atoms with Crippen molar-refractivity contribution < 1.29 is 18.6 Å². The van der Waals surface area contributed by atoms with Crippen LogP contribution < -0.4 is 25.4 Å². The highest BCUT2D eigenvalue weighted by Gasteiger charge is 2.15. The third kappa shape index (κ3) is 7.13. The molecule has 2 aromatic rings. The number of nitrogens with zero attached hydrogens (tertiary/aromatic N) is 2. The molecule has 2 aromatic carbocycles. The smallest absolute Gasteiger partial charge is 0.193 e. The van der Waals surface area contributed by atoms with Gasteiger partial charge in [-0.25, -0.2) is 9.38 Å². The summed E-state index contributed by atoms with van der Waals surface area (Å²) in [4.78, 5) is 6.33. The van der Waals surface area contributed by atoms with E-state index < -0.39 is 0 Å². The molecule has 0 amide bonds. The minimum absolute atomic E-state index is 0. The lowest BCUT2D eigenvalue weighted by molar-refractivity contribution is 0.122. The molecule has 1 aliphatic heterocycles. The van der Waals surface area contributed by atoms with E-state index in [0.29, 0.717) is 62.4 Å². The summed E-state index contributed by atoms with van der Waals surface area (Å²) in [6.07, 6.45) is 0. The number of hydrogen-bond donors (Lipinski definition) is 2. The second-order valence-corrected chi connectivity index (χ2v) is 6.74. The molecule has 9 heteroatoms. The fourth-order valence-corrected chi connectivity index (χ4v) is 3.21. The largest absolute Gasteiger partial charge is 0.494 e. The molecule has 3 rings (SSSR count). The number of nitrogens with one attached hydrogen (secondary N) is 1. The second-order valence-electron chi connectivity index (χ2n) is 6.74. The zero-order valence-electron chi connectivity index (χ0n) is 17.9. The quantitative estimate of drug-likeness (QED) is 0.297. The van der Waals surface area contributed by atoms with E-state index in [1.165, 1.54) is 6.07 Å². The third-order valence-electron chi connectivity index (χ3n) is 4.62. The van der Waals surface area contributed by atoms with Gasteiger partial charge >= 0.3 is 0 Å². The molecule has 0 aromatic heterocycles. The van der Waals surface area contributed by atoms with Crippen LogP contribution in [0, 0.1) is 5.82 Å². The third-order valence-corrected chi connectivity index (χ3v) is 4.62. The highest BCUT2D eigenvalue weighted by atomic mass is 127. The van der Waals surface area contributed by atoms with E-state index in [1.807, 2.05) is 43.0 Å². The number of nitrogens with two attached hydrogens (primary N) is 1. The molecule has 0 atom stereocenters. The number of morpholine rings is 1. The van der Waals surface area contributed by atoms with Gasteiger partial charge in [0.05, 0.1) is 44.3 Å². The van der Waals surface area contributed by atoms with Crippen molar-refractivity contribution in [1.29, 1.82) is 0 Å². The molecule has 0 unspecified atom stereocenters. The van der Waals surface area contributed by atoms with E-state index in [1.54, 1.807) is 6.07 Å². The molecule has 1 fully saturated rings. The van der Waals surface area contributed by atoms with E-state index in [4.69, 9.17) is 19.9 Å². The maximum atomic E-state index is 14.6. The number of aliphatic imine (C=N–C) groups is 1. The van der Waals surface area contributed by atoms with Crippen molar-refractivity contribution in [1.82, 2.24) is 0 Å². The molecule has 170 valence electrons. The van der Waals surface area contributed by atoms with Crippen molar-refractivity contribution in [3.8, 4) is 11.5 Å². The van der Waals surface area contributed by atoms with E-state index in [2.05, 4.69) is 10.3 Å². The molecule has 0 spiro atoms. The Kier molecular flexibility index (Phi) is 10.1. The van der Waals surface area contributed by atoms with Gasteiger partial charge in [-0.1, -0.05) is 6.07 Å². The summed E-state index contributed by atoms with van der Waals surface area (Å²) < 4.78 is 31.0. The van der Waals surface area contributed by atoms with Crippen LogP contribution in [0.5, 0.6) is 11.5 Å². The first kappa shape index (κ1) is 25.0. The first-order chi connectivity index (χ1) is 14.6. The van der Waals surface area contributed by atoms with Gasteiger partial charge in [-0.2, -0.15) is 0 Å². The van der Waals surface area contributed by atoms with E-state index in [-0.39, 0.29) is 42.3 Å². The van der Waals surface area contributed by atoms with Gasteiger partial charge in [0.1, 0.15) is 17.3 Å². The Morgan fingerprint density at radius 2 is 1.87 bits per heavy atom. The number of halogens is 2. The van der Waals surface area contributed by atoms with Gasteiger partial charge in [0, 0.05) is 19.2 Å². The molecule has 0 radical (unpaired) electrons. The molecular formula is C22H30FIN4O3. The molecule has 0 aliphatic carbocycles. The average molecular weight is 544 g/mol. The maximum Gasteiger partial charge on any atom is 0.193 e. The molecular weight excluding hydrogens is 514 g/mol. The first-order valence-corrected chi connectivity index (χ1v) is 10.2. The van der Waals surface area contributed by atoms with Crippen LogP contribution in [0.3, 0.4) is 0 Å². The lowest BCUT2D eigenvalue weighted by Gasteiger charge is -2.29. The fourth-order valence-electron chi connectivity index (χ4n) is 3.21. The highest BCUT2D eigenvalue weighted by Crippen LogP contribution is 2.29. The number of benzene rings is 2.